The maximum absolute atomic E-state index is 13.5. The number of fused-ring (bicyclic) bond motifs is 2. The van der Waals surface area contributed by atoms with E-state index in [1.807, 2.05) is 30.3 Å². The highest BCUT2D eigenvalue weighted by Crippen LogP contribution is 2.47. The first-order chi connectivity index (χ1) is 25.0. The van der Waals surface area contributed by atoms with Crippen molar-refractivity contribution < 1.29 is 59.2 Å². The molecular formula is C38H46O12S2. The van der Waals surface area contributed by atoms with Gasteiger partial charge >= 0.3 is 5.97 Å². The monoisotopic (exact) mass is 758 g/mol. The van der Waals surface area contributed by atoms with Gasteiger partial charge in [0.25, 0.3) is 0 Å². The number of aromatic hydroxyl groups is 2. The van der Waals surface area contributed by atoms with Gasteiger partial charge in [-0.2, -0.15) is 0 Å². The van der Waals surface area contributed by atoms with E-state index in [1.54, 1.807) is 10.8 Å². The fraction of sp³-hybridized carbons (Fsp3) is 0.526. The van der Waals surface area contributed by atoms with Crippen LogP contribution in [0.25, 0.3) is 10.8 Å². The van der Waals surface area contributed by atoms with E-state index < -0.39 is 60.1 Å². The maximum atomic E-state index is 13.5. The molecule has 0 aromatic heterocycles. The third-order valence-corrected chi connectivity index (χ3v) is 13.1. The number of aromatic carboxylic acids is 1. The van der Waals surface area contributed by atoms with E-state index in [-0.39, 0.29) is 57.9 Å². The van der Waals surface area contributed by atoms with E-state index in [2.05, 4.69) is 6.92 Å². The van der Waals surface area contributed by atoms with Gasteiger partial charge in [-0.25, -0.2) is 4.79 Å². The highest BCUT2D eigenvalue weighted by molar-refractivity contribution is 8.76. The lowest BCUT2D eigenvalue weighted by Gasteiger charge is -2.50. The van der Waals surface area contributed by atoms with E-state index in [0.29, 0.717) is 37.9 Å². The molecule has 14 heteroatoms. The number of Topliss-reactive ketones (excluding diaryl/α,β-unsaturated/α-hetero) is 1. The van der Waals surface area contributed by atoms with Crippen LogP contribution in [0.1, 0.15) is 64.4 Å². The second-order valence-corrected chi connectivity index (χ2v) is 16.4. The molecule has 6 N–H and O–H groups in total. The van der Waals surface area contributed by atoms with Crippen LogP contribution >= 0.6 is 21.6 Å². The molecule has 1 spiro atoms. The minimum atomic E-state index is -1.76. The van der Waals surface area contributed by atoms with Crippen LogP contribution in [0, 0.1) is 24.7 Å². The molecule has 3 fully saturated rings. The number of phenols is 2. The fourth-order valence-electron chi connectivity index (χ4n) is 7.93. The minimum Gasteiger partial charge on any atom is -0.507 e. The molecule has 8 atom stereocenters. The zero-order valence-electron chi connectivity index (χ0n) is 29.1. The summed E-state index contributed by atoms with van der Waals surface area (Å²) in [6, 6.07) is 11.5. The van der Waals surface area contributed by atoms with Gasteiger partial charge < -0.3 is 49.6 Å². The van der Waals surface area contributed by atoms with Crippen molar-refractivity contribution in [2.45, 2.75) is 76.2 Å². The largest absolute Gasteiger partial charge is 0.507 e. The lowest BCUT2D eigenvalue weighted by atomic mass is 9.74. The van der Waals surface area contributed by atoms with Gasteiger partial charge in [-0.3, -0.25) is 4.79 Å². The number of rotatable bonds is 8. The SMILES string of the molecule is Cc1c(C(=O)CCc2ccccc2)c(O)c2c(O[C@@H]3O[C@H](CO)[C@]4(CC[C@H](C)[C@@H]5CCOC[C@@H]5CSSCO4)[C@H](O)[C@H]3O)cc(C(=O)O)cc2c1O. The van der Waals surface area contributed by atoms with Crippen LogP contribution < -0.4 is 4.74 Å². The summed E-state index contributed by atoms with van der Waals surface area (Å²) in [4.78, 5) is 25.7. The van der Waals surface area contributed by atoms with E-state index in [1.165, 1.54) is 17.7 Å². The molecule has 3 aliphatic heterocycles. The molecule has 3 aromatic rings. The first-order valence-electron chi connectivity index (χ1n) is 17.5. The van der Waals surface area contributed by atoms with Crippen molar-refractivity contribution in [3.63, 3.8) is 0 Å². The van der Waals surface area contributed by atoms with Crippen LogP contribution in [0.5, 0.6) is 17.2 Å². The Morgan fingerprint density at radius 3 is 2.56 bits per heavy atom. The standard InChI is InChI=1S/C38H46O12S2/c1-20-10-12-38(48-19-52-51-18-24-17-47-13-11-25(20)24)29(16-39)50-37(34(43)35(38)44)49-28-15-23(36(45)46)14-26-31(28)33(42)30(21(2)32(26)41)27(40)9-8-22-6-4-3-5-7-22/h3-7,14-15,20,24-25,29,34-35,37,39,41-44H,8-13,16-19H2,1-2H3,(H,45,46)/t20-,24+,25-,29+,34+,35+,37+,38+/m0/s1. The molecule has 0 unspecified atom stereocenters. The number of carboxylic acid groups (broad SMARTS) is 1. The summed E-state index contributed by atoms with van der Waals surface area (Å²) in [6.45, 7) is 4.38. The second kappa shape index (κ2) is 16.5. The number of carboxylic acids is 1. The highest BCUT2D eigenvalue weighted by atomic mass is 33.1. The Balaban J connectivity index is 1.33. The fourth-order valence-corrected chi connectivity index (χ4v) is 10.0. The molecule has 0 aliphatic carbocycles. The molecule has 52 heavy (non-hydrogen) atoms. The van der Waals surface area contributed by atoms with Gasteiger partial charge in [-0.1, -0.05) is 58.8 Å². The van der Waals surface area contributed by atoms with E-state index in [0.717, 1.165) is 29.9 Å². The Morgan fingerprint density at radius 1 is 1.06 bits per heavy atom. The van der Waals surface area contributed by atoms with Gasteiger partial charge in [-0.05, 0) is 68.1 Å². The summed E-state index contributed by atoms with van der Waals surface area (Å²) in [5.41, 5.74) is -1.03. The number of benzene rings is 3. The van der Waals surface area contributed by atoms with Crippen LogP contribution in [-0.2, 0) is 20.6 Å². The molecule has 3 aromatic carbocycles. The number of aryl methyl sites for hydroxylation is 1. The summed E-state index contributed by atoms with van der Waals surface area (Å²) < 4.78 is 24.3. The number of carbonyl (C=O) groups excluding carboxylic acids is 1. The number of ether oxygens (including phenoxy) is 4. The molecule has 3 aliphatic rings. The number of hydrogen-bond acceptors (Lipinski definition) is 13. The van der Waals surface area contributed by atoms with Crippen LogP contribution in [0.4, 0.5) is 0 Å². The number of ketones is 1. The lowest BCUT2D eigenvalue weighted by molar-refractivity contribution is -0.322. The molecule has 3 heterocycles. The topological polar surface area (TPSA) is 192 Å². The van der Waals surface area contributed by atoms with Crippen molar-refractivity contribution >= 4 is 44.1 Å². The Morgan fingerprint density at radius 2 is 1.83 bits per heavy atom. The predicted molar refractivity (Wildman–Crippen MR) is 196 cm³/mol. The zero-order valence-corrected chi connectivity index (χ0v) is 30.7. The number of carbonyl (C=O) groups is 2. The van der Waals surface area contributed by atoms with Crippen LogP contribution in [0.2, 0.25) is 0 Å². The summed E-state index contributed by atoms with van der Waals surface area (Å²) in [7, 11) is 3.11. The minimum absolute atomic E-state index is 0.00819. The Bertz CT molecular complexity index is 1750. The molecule has 0 radical (unpaired) electrons. The molecule has 0 amide bonds. The van der Waals surface area contributed by atoms with Crippen molar-refractivity contribution in [2.75, 3.05) is 31.5 Å². The lowest BCUT2D eigenvalue weighted by Crippen LogP contribution is -2.69. The molecule has 3 saturated heterocycles. The third-order valence-electron chi connectivity index (χ3n) is 10.9. The van der Waals surface area contributed by atoms with Crippen molar-refractivity contribution in [3.8, 4) is 17.2 Å². The van der Waals surface area contributed by atoms with E-state index >= 15 is 0 Å². The molecular weight excluding hydrogens is 713 g/mol. The smallest absolute Gasteiger partial charge is 0.335 e. The van der Waals surface area contributed by atoms with Gasteiger partial charge in [0.2, 0.25) is 6.29 Å². The number of hydrogen-bond donors (Lipinski definition) is 6. The van der Waals surface area contributed by atoms with Crippen LogP contribution in [-0.4, -0.2) is 104 Å². The normalized spacial score (nSPS) is 30.0. The summed E-state index contributed by atoms with van der Waals surface area (Å²) in [5, 5.41) is 66.6. The molecule has 0 saturated carbocycles. The highest BCUT2D eigenvalue weighted by Gasteiger charge is 2.57. The van der Waals surface area contributed by atoms with Gasteiger partial charge in [0.05, 0.1) is 29.7 Å². The first kappa shape index (κ1) is 38.6. The summed E-state index contributed by atoms with van der Waals surface area (Å²) in [5.74, 6) is -1.11. The quantitative estimate of drug-likeness (QED) is 0.101. The van der Waals surface area contributed by atoms with Crippen LogP contribution in [0.15, 0.2) is 42.5 Å². The van der Waals surface area contributed by atoms with E-state index in [9.17, 15) is 40.2 Å². The Kier molecular flexibility index (Phi) is 12.3. The Hall–Kier alpha value is -3.08. The van der Waals surface area contributed by atoms with Crippen LogP contribution in [0.3, 0.4) is 0 Å². The molecule has 12 nitrogen and oxygen atoms in total. The number of phenolic OH excluding ortho intramolecular Hbond substituents is 2. The van der Waals surface area contributed by atoms with Gasteiger partial charge in [0.15, 0.2) is 5.78 Å². The van der Waals surface area contributed by atoms with Crippen molar-refractivity contribution in [3.05, 3.63) is 64.7 Å². The van der Waals surface area contributed by atoms with E-state index in [4.69, 9.17) is 18.9 Å². The Labute approximate surface area is 309 Å². The van der Waals surface area contributed by atoms with Crippen molar-refractivity contribution in [1.29, 1.82) is 0 Å². The average molecular weight is 759 g/mol. The van der Waals surface area contributed by atoms with Crippen molar-refractivity contribution in [1.82, 2.24) is 0 Å². The second-order valence-electron chi connectivity index (χ2n) is 14.0. The third kappa shape index (κ3) is 7.62. The van der Waals surface area contributed by atoms with Gasteiger partial charge in [0.1, 0.15) is 47.1 Å². The summed E-state index contributed by atoms with van der Waals surface area (Å²) in [6.07, 6.45) is -4.04. The average Bonchev–Trinajstić information content (AvgIpc) is 3.17. The molecule has 282 valence electrons. The van der Waals surface area contributed by atoms with Gasteiger partial charge in [0, 0.05) is 29.7 Å². The maximum Gasteiger partial charge on any atom is 0.335 e. The molecule has 6 rings (SSSR count). The van der Waals surface area contributed by atoms with Crippen molar-refractivity contribution in [2.24, 2.45) is 17.8 Å². The zero-order chi connectivity index (χ0) is 37.2. The van der Waals surface area contributed by atoms with Gasteiger partial charge in [-0.15, -0.1) is 0 Å². The number of aliphatic hydroxyl groups is 3. The number of aliphatic hydroxyl groups excluding tert-OH is 3. The predicted octanol–water partition coefficient (Wildman–Crippen LogP) is 5.07. The molecule has 0 bridgehead atoms. The summed E-state index contributed by atoms with van der Waals surface area (Å²) >= 11 is 0. The first-order valence-corrected chi connectivity index (χ1v) is 20.0.